The molecule has 1 N–H and O–H groups in total. The minimum atomic E-state index is -4.39. The van der Waals surface area contributed by atoms with Crippen molar-refractivity contribution in [3.8, 4) is 0 Å². The minimum absolute atomic E-state index is 0.0485. The Bertz CT molecular complexity index is 2330. The summed E-state index contributed by atoms with van der Waals surface area (Å²) in [7, 11) is -4.39. The van der Waals surface area contributed by atoms with Crippen LogP contribution in [0.5, 0.6) is 0 Å². The number of carboxylic acid groups (broad SMARTS) is 1. The molecule has 1 aliphatic rings. The number of aromatic nitrogens is 2. The normalized spacial score (nSPS) is 15.1. The Morgan fingerprint density at radius 3 is 2.70 bits per heavy atom. The Labute approximate surface area is 277 Å². The minimum Gasteiger partial charge on any atom is -0.481 e. The number of aryl methyl sites for hydroxylation is 1. The number of rotatable bonds is 10. The van der Waals surface area contributed by atoms with E-state index in [2.05, 4.69) is 0 Å². The van der Waals surface area contributed by atoms with Crippen LogP contribution in [-0.4, -0.2) is 55.9 Å². The number of aliphatic carboxylic acids is 1. The van der Waals surface area contributed by atoms with Crippen molar-refractivity contribution in [3.05, 3.63) is 95.6 Å². The molecule has 2 aromatic heterocycles. The molecule has 0 bridgehead atoms. The predicted molar refractivity (Wildman–Crippen MR) is 180 cm³/mol. The smallest absolute Gasteiger partial charge is 0.481 e. The van der Waals surface area contributed by atoms with Gasteiger partial charge in [0, 0.05) is 0 Å². The van der Waals surface area contributed by atoms with Gasteiger partial charge in [-0.2, -0.15) is 0 Å². The van der Waals surface area contributed by atoms with Crippen molar-refractivity contribution in [2.75, 3.05) is 17.2 Å². The molecule has 0 aliphatic carbocycles. The molecule has 1 aliphatic heterocycles. The molecule has 0 saturated heterocycles. The van der Waals surface area contributed by atoms with E-state index in [9.17, 15) is 32.1 Å². The van der Waals surface area contributed by atoms with E-state index >= 15 is 0 Å². The molecule has 0 fully saturated rings. The van der Waals surface area contributed by atoms with Crippen LogP contribution in [0, 0.1) is 5.82 Å². The molecule has 9 nitrogen and oxygen atoms in total. The van der Waals surface area contributed by atoms with Gasteiger partial charge in [-0.25, -0.2) is 0 Å². The maximum absolute atomic E-state index is 14.1. The topological polar surface area (TPSA) is 124 Å². The maximum atomic E-state index is 14.1. The Kier molecular flexibility index (Phi) is 9.28. The van der Waals surface area contributed by atoms with E-state index in [4.69, 9.17) is 0 Å². The molecule has 0 saturated carbocycles. The van der Waals surface area contributed by atoms with Crippen LogP contribution in [-0.2, 0) is 28.0 Å². The summed E-state index contributed by atoms with van der Waals surface area (Å²) in [5.74, 6) is -1.84. The second kappa shape index (κ2) is 13.2. The van der Waals surface area contributed by atoms with E-state index in [1.165, 1.54) is 23.5 Å². The van der Waals surface area contributed by atoms with Crippen molar-refractivity contribution in [2.45, 2.75) is 32.9 Å². The van der Waals surface area contributed by atoms with E-state index in [1.54, 1.807) is 28.0 Å². The summed E-state index contributed by atoms with van der Waals surface area (Å²) in [4.78, 5) is 26.9. The molecule has 3 heterocycles. The number of fused-ring (bicyclic) bond motifs is 4. The number of hydrogen-bond donors (Lipinski definition) is 1. The zero-order valence-corrected chi connectivity index (χ0v) is 28.7. The van der Waals surface area contributed by atoms with Crippen molar-refractivity contribution < 1.29 is 31.8 Å². The Morgan fingerprint density at radius 1 is 1.13 bits per heavy atom. The van der Waals surface area contributed by atoms with E-state index in [1.807, 2.05) is 64.9 Å². The summed E-state index contributed by atoms with van der Waals surface area (Å²) in [6.45, 7) is 2.82. The van der Waals surface area contributed by atoms with Gasteiger partial charge < -0.3 is 5.11 Å². The van der Waals surface area contributed by atoms with Gasteiger partial charge in [0.25, 0.3) is 0 Å². The fourth-order valence-electron chi connectivity index (χ4n) is 5.41. The molecular weight excluding hydrogens is 717 g/mol. The number of halogens is 1. The predicted octanol–water partition coefficient (Wildman–Crippen LogP) is 2.43. The summed E-state index contributed by atoms with van der Waals surface area (Å²) in [6, 6.07) is 16.6. The van der Waals surface area contributed by atoms with Crippen molar-refractivity contribution in [1.29, 1.82) is 0 Å². The number of carbonyl (C=O) groups is 1. The molecule has 3 aromatic carbocycles. The summed E-state index contributed by atoms with van der Waals surface area (Å²) in [5, 5.41) is 12.4. The standard InChI is InChI=1S/C32H28FN3O6S3Se/c1-2-34-27(19-28-35(16-14-30(37)38)23-10-8-20-6-3-4-7-22(20)31(23)44-28)43-25(32(34)39)11-13-29-36(15-5-17-45(40,41)42)24-18-21(33)9-12-26(24)46-29/h3-4,6-13,18-19H,2,5,14-17H2,1H3,(H-,37,38,40,41,42). The number of anilines is 1. The quantitative estimate of drug-likeness (QED) is 0.133. The SMILES string of the molecule is CCn1c(=O)c(=CC=C2[Se]c3ccc(F)cc3N2CCCS(=O)(=O)[O-])s/c1=C/c1sc2c3ccccc3ccc2[n+]1CCC(=O)O. The molecule has 46 heavy (non-hydrogen) atoms. The first kappa shape index (κ1) is 32.3. The van der Waals surface area contributed by atoms with Crippen LogP contribution < -0.4 is 28.7 Å². The fourth-order valence-corrected chi connectivity index (χ4v) is 10.5. The van der Waals surface area contributed by atoms with Crippen LogP contribution in [0.3, 0.4) is 0 Å². The van der Waals surface area contributed by atoms with Crippen LogP contribution in [0.25, 0.3) is 33.1 Å². The fraction of sp³-hybridized carbons (Fsp3) is 0.219. The Morgan fingerprint density at radius 2 is 1.93 bits per heavy atom. The number of nitrogens with zero attached hydrogens (tertiary/aromatic N) is 3. The number of carboxylic acids is 1. The summed E-state index contributed by atoms with van der Waals surface area (Å²) < 4.78 is 55.4. The molecule has 0 atom stereocenters. The molecule has 0 spiro atoms. The molecule has 0 amide bonds. The first-order valence-electron chi connectivity index (χ1n) is 14.4. The zero-order chi connectivity index (χ0) is 32.6. The molecule has 6 rings (SSSR count). The molecule has 5 aromatic rings. The van der Waals surface area contributed by atoms with Gasteiger partial charge in [-0.05, 0) is 0 Å². The van der Waals surface area contributed by atoms with Crippen molar-refractivity contribution in [3.63, 3.8) is 0 Å². The molecule has 238 valence electrons. The first-order chi connectivity index (χ1) is 22.0. The van der Waals surface area contributed by atoms with Gasteiger partial charge in [0.15, 0.2) is 0 Å². The van der Waals surface area contributed by atoms with Crippen LogP contribution in [0.4, 0.5) is 10.1 Å². The summed E-state index contributed by atoms with van der Waals surface area (Å²) >= 11 is 2.66. The van der Waals surface area contributed by atoms with Crippen molar-refractivity contribution >= 4 is 97.0 Å². The summed E-state index contributed by atoms with van der Waals surface area (Å²) in [6.07, 6.45) is 5.54. The van der Waals surface area contributed by atoms with Crippen LogP contribution >= 0.6 is 22.7 Å². The van der Waals surface area contributed by atoms with Gasteiger partial charge >= 0.3 is 251 Å². The Balaban J connectivity index is 1.44. The van der Waals surface area contributed by atoms with Gasteiger partial charge in [-0.1, -0.05) is 18.2 Å². The second-order valence-electron chi connectivity index (χ2n) is 10.5. The first-order valence-corrected chi connectivity index (χ1v) is 19.3. The van der Waals surface area contributed by atoms with E-state index in [-0.39, 0.29) is 46.4 Å². The van der Waals surface area contributed by atoms with Crippen LogP contribution in [0.15, 0.2) is 70.1 Å². The van der Waals surface area contributed by atoms with Gasteiger partial charge in [-0.15, -0.1) is 0 Å². The third-order valence-electron chi connectivity index (χ3n) is 7.52. The van der Waals surface area contributed by atoms with Crippen molar-refractivity contribution in [1.82, 2.24) is 4.57 Å². The Hall–Kier alpha value is -3.65. The van der Waals surface area contributed by atoms with E-state index in [0.717, 1.165) is 39.7 Å². The zero-order valence-electron chi connectivity index (χ0n) is 24.5. The van der Waals surface area contributed by atoms with Gasteiger partial charge in [0.2, 0.25) is 0 Å². The number of allylic oxidation sites excluding steroid dienone is 1. The average molecular weight is 745 g/mol. The monoisotopic (exact) mass is 745 g/mol. The molecule has 0 radical (unpaired) electrons. The molecule has 0 unspecified atom stereocenters. The van der Waals surface area contributed by atoms with Crippen molar-refractivity contribution in [2.24, 2.45) is 0 Å². The van der Waals surface area contributed by atoms with E-state index < -0.39 is 27.7 Å². The third kappa shape index (κ3) is 6.73. The van der Waals surface area contributed by atoms with Gasteiger partial charge in [0.05, 0.1) is 0 Å². The number of thiazole rings is 2. The van der Waals surface area contributed by atoms with Crippen LogP contribution in [0.2, 0.25) is 0 Å². The number of hydrogen-bond acceptors (Lipinski definition) is 8. The van der Waals surface area contributed by atoms with Gasteiger partial charge in [0.1, 0.15) is 0 Å². The summed E-state index contributed by atoms with van der Waals surface area (Å²) in [5.41, 5.74) is 1.40. The second-order valence-corrected chi connectivity index (χ2v) is 16.4. The van der Waals surface area contributed by atoms with E-state index in [0.29, 0.717) is 16.8 Å². The van der Waals surface area contributed by atoms with Gasteiger partial charge in [-0.3, -0.25) is 4.79 Å². The average Bonchev–Trinajstić information content (AvgIpc) is 3.64. The number of benzene rings is 3. The molecule has 14 heteroatoms. The third-order valence-corrected chi connectivity index (χ3v) is 12.9. The molecular formula is C32H28FN3O6S3Se. The van der Waals surface area contributed by atoms with Crippen LogP contribution in [0.1, 0.15) is 24.8 Å².